The van der Waals surface area contributed by atoms with Crippen LogP contribution in [0.5, 0.6) is 0 Å². The van der Waals surface area contributed by atoms with E-state index in [0.29, 0.717) is 23.5 Å². The van der Waals surface area contributed by atoms with Crippen molar-refractivity contribution >= 4 is 34.0 Å². The summed E-state index contributed by atoms with van der Waals surface area (Å²) < 4.78 is 0. The zero-order chi connectivity index (χ0) is 13.8. The zero-order valence-corrected chi connectivity index (χ0v) is 11.5. The highest BCUT2D eigenvalue weighted by atomic mass is 32.1. The molecule has 0 spiro atoms. The van der Waals surface area contributed by atoms with Crippen molar-refractivity contribution in [2.24, 2.45) is 5.73 Å². The predicted octanol–water partition coefficient (Wildman–Crippen LogP) is 1.98. The van der Waals surface area contributed by atoms with Gasteiger partial charge in [0.15, 0.2) is 0 Å². The van der Waals surface area contributed by atoms with E-state index in [9.17, 15) is 4.79 Å². The van der Waals surface area contributed by atoms with Crippen molar-refractivity contribution in [3.63, 3.8) is 0 Å². The van der Waals surface area contributed by atoms with E-state index in [4.69, 9.17) is 18.0 Å². The Morgan fingerprint density at radius 2 is 2.11 bits per heavy atom. The van der Waals surface area contributed by atoms with Gasteiger partial charge in [-0.25, -0.2) is 0 Å². The summed E-state index contributed by atoms with van der Waals surface area (Å²) in [4.78, 5) is 18.7. The van der Waals surface area contributed by atoms with Gasteiger partial charge in [0.25, 0.3) is 5.91 Å². The van der Waals surface area contributed by atoms with Gasteiger partial charge in [-0.2, -0.15) is 0 Å². The molecule has 5 heteroatoms. The number of thiocarbonyl (C=S) groups is 1. The SMILES string of the molecule is CN(CCC(N)=S)C(=O)c1ccnc2ccccc12. The molecule has 0 saturated carbocycles. The Morgan fingerprint density at radius 3 is 2.84 bits per heavy atom. The average molecular weight is 273 g/mol. The van der Waals surface area contributed by atoms with E-state index < -0.39 is 0 Å². The molecule has 2 N–H and O–H groups in total. The van der Waals surface area contributed by atoms with Crippen molar-refractivity contribution in [2.75, 3.05) is 13.6 Å². The number of benzene rings is 1. The Kier molecular flexibility index (Phi) is 4.06. The first kappa shape index (κ1) is 13.4. The fourth-order valence-electron chi connectivity index (χ4n) is 1.87. The molecule has 98 valence electrons. The third kappa shape index (κ3) is 3.06. The molecule has 1 amide bonds. The highest BCUT2D eigenvalue weighted by Crippen LogP contribution is 2.17. The highest BCUT2D eigenvalue weighted by molar-refractivity contribution is 7.80. The largest absolute Gasteiger partial charge is 0.393 e. The molecule has 2 rings (SSSR count). The van der Waals surface area contributed by atoms with Crippen LogP contribution in [-0.2, 0) is 0 Å². The maximum atomic E-state index is 12.4. The number of rotatable bonds is 4. The highest BCUT2D eigenvalue weighted by Gasteiger charge is 2.14. The molecular weight excluding hydrogens is 258 g/mol. The number of hydrogen-bond donors (Lipinski definition) is 1. The lowest BCUT2D eigenvalue weighted by Gasteiger charge is -2.17. The lowest BCUT2D eigenvalue weighted by atomic mass is 10.1. The molecule has 0 fully saturated rings. The number of para-hydroxylation sites is 1. The number of pyridine rings is 1. The van der Waals surface area contributed by atoms with Crippen LogP contribution in [0.1, 0.15) is 16.8 Å². The second kappa shape index (κ2) is 5.75. The van der Waals surface area contributed by atoms with Gasteiger partial charge >= 0.3 is 0 Å². The topological polar surface area (TPSA) is 59.2 Å². The fourth-order valence-corrected chi connectivity index (χ4v) is 1.96. The second-order valence-electron chi connectivity index (χ2n) is 4.32. The summed E-state index contributed by atoms with van der Waals surface area (Å²) in [5.41, 5.74) is 6.92. The summed E-state index contributed by atoms with van der Waals surface area (Å²) in [5, 5.41) is 0.858. The molecule has 0 bridgehead atoms. The molecule has 0 radical (unpaired) electrons. The van der Waals surface area contributed by atoms with Crippen LogP contribution in [0.4, 0.5) is 0 Å². The van der Waals surface area contributed by atoms with Gasteiger partial charge in [0.05, 0.1) is 16.1 Å². The minimum absolute atomic E-state index is 0.0464. The molecule has 1 aromatic heterocycles. The zero-order valence-electron chi connectivity index (χ0n) is 10.7. The third-order valence-electron chi connectivity index (χ3n) is 2.92. The Hall–Kier alpha value is -2.01. The first-order valence-corrected chi connectivity index (χ1v) is 6.38. The van der Waals surface area contributed by atoms with Crippen LogP contribution in [0.2, 0.25) is 0 Å². The predicted molar refractivity (Wildman–Crippen MR) is 80.1 cm³/mol. The maximum absolute atomic E-state index is 12.4. The van der Waals surface area contributed by atoms with E-state index in [1.54, 1.807) is 24.2 Å². The van der Waals surface area contributed by atoms with Crippen LogP contribution in [0, 0.1) is 0 Å². The number of aromatic nitrogens is 1. The van der Waals surface area contributed by atoms with Gasteiger partial charge in [0.2, 0.25) is 0 Å². The quantitative estimate of drug-likeness (QED) is 0.865. The lowest BCUT2D eigenvalue weighted by molar-refractivity contribution is 0.0801. The molecular formula is C14H15N3OS. The molecule has 4 nitrogen and oxygen atoms in total. The summed E-state index contributed by atoms with van der Waals surface area (Å²) in [6, 6.07) is 9.33. The Balaban J connectivity index is 2.28. The van der Waals surface area contributed by atoms with Crippen LogP contribution in [-0.4, -0.2) is 34.4 Å². The van der Waals surface area contributed by atoms with Crippen LogP contribution in [0.25, 0.3) is 10.9 Å². The number of nitrogens with zero attached hydrogens (tertiary/aromatic N) is 2. The van der Waals surface area contributed by atoms with Gasteiger partial charge < -0.3 is 10.6 Å². The van der Waals surface area contributed by atoms with Crippen LogP contribution < -0.4 is 5.73 Å². The van der Waals surface area contributed by atoms with E-state index >= 15 is 0 Å². The number of nitrogens with two attached hydrogens (primary N) is 1. The van der Waals surface area contributed by atoms with Gasteiger partial charge in [-0.1, -0.05) is 30.4 Å². The van der Waals surface area contributed by atoms with Crippen LogP contribution in [0.15, 0.2) is 36.5 Å². The Morgan fingerprint density at radius 1 is 1.37 bits per heavy atom. The number of fused-ring (bicyclic) bond motifs is 1. The summed E-state index contributed by atoms with van der Waals surface area (Å²) in [6.45, 7) is 0.519. The van der Waals surface area contributed by atoms with Gasteiger partial charge in [-0.05, 0) is 12.1 Å². The first-order chi connectivity index (χ1) is 9.09. The number of carbonyl (C=O) groups is 1. The molecule has 0 saturated heterocycles. The first-order valence-electron chi connectivity index (χ1n) is 5.97. The van der Waals surface area contributed by atoms with Crippen molar-refractivity contribution < 1.29 is 4.79 Å². The summed E-state index contributed by atoms with van der Waals surface area (Å²) in [7, 11) is 1.75. The van der Waals surface area contributed by atoms with Gasteiger partial charge in [-0.3, -0.25) is 9.78 Å². The summed E-state index contributed by atoms with van der Waals surface area (Å²) in [5.74, 6) is -0.0464. The van der Waals surface area contributed by atoms with E-state index in [0.717, 1.165) is 10.9 Å². The van der Waals surface area contributed by atoms with Gasteiger partial charge in [0, 0.05) is 31.6 Å². The molecule has 0 aliphatic rings. The molecule has 1 aromatic carbocycles. The number of hydrogen-bond acceptors (Lipinski definition) is 3. The van der Waals surface area contributed by atoms with E-state index in [1.165, 1.54) is 0 Å². The lowest BCUT2D eigenvalue weighted by Crippen LogP contribution is -2.30. The minimum atomic E-state index is -0.0464. The molecule has 0 unspecified atom stereocenters. The fraction of sp³-hybridized carbons (Fsp3) is 0.214. The molecule has 19 heavy (non-hydrogen) atoms. The third-order valence-corrected chi connectivity index (χ3v) is 3.12. The molecule has 0 aliphatic carbocycles. The minimum Gasteiger partial charge on any atom is -0.393 e. The Labute approximate surface area is 117 Å². The summed E-state index contributed by atoms with van der Waals surface area (Å²) in [6.07, 6.45) is 2.18. The van der Waals surface area contributed by atoms with Crippen LogP contribution in [0.3, 0.4) is 0 Å². The van der Waals surface area contributed by atoms with E-state index in [-0.39, 0.29) is 5.91 Å². The molecule has 2 aromatic rings. The van der Waals surface area contributed by atoms with Crippen molar-refractivity contribution in [3.8, 4) is 0 Å². The monoisotopic (exact) mass is 273 g/mol. The normalized spacial score (nSPS) is 10.4. The second-order valence-corrected chi connectivity index (χ2v) is 4.84. The average Bonchev–Trinajstić information content (AvgIpc) is 2.43. The standard InChI is InChI=1S/C14H15N3OS/c1-17(9-7-13(15)19)14(18)11-6-8-16-12-5-3-2-4-10(11)12/h2-6,8H,7,9H2,1H3,(H2,15,19). The molecule has 0 aliphatic heterocycles. The van der Waals surface area contributed by atoms with Gasteiger partial charge in [-0.15, -0.1) is 0 Å². The Bertz CT molecular complexity index is 622. The van der Waals surface area contributed by atoms with E-state index in [1.807, 2.05) is 24.3 Å². The van der Waals surface area contributed by atoms with Crippen molar-refractivity contribution in [2.45, 2.75) is 6.42 Å². The molecule has 1 heterocycles. The van der Waals surface area contributed by atoms with Crippen molar-refractivity contribution in [1.82, 2.24) is 9.88 Å². The number of carbonyl (C=O) groups excluding carboxylic acids is 1. The smallest absolute Gasteiger partial charge is 0.254 e. The van der Waals surface area contributed by atoms with Crippen LogP contribution >= 0.6 is 12.2 Å². The van der Waals surface area contributed by atoms with Gasteiger partial charge in [0.1, 0.15) is 0 Å². The maximum Gasteiger partial charge on any atom is 0.254 e. The van der Waals surface area contributed by atoms with E-state index in [2.05, 4.69) is 4.98 Å². The van der Waals surface area contributed by atoms with Crippen molar-refractivity contribution in [3.05, 3.63) is 42.1 Å². The molecule has 0 atom stereocenters. The summed E-state index contributed by atoms with van der Waals surface area (Å²) >= 11 is 4.82. The van der Waals surface area contributed by atoms with Crippen molar-refractivity contribution in [1.29, 1.82) is 0 Å². The number of amides is 1.